The quantitative estimate of drug-likeness (QED) is 0.206. The third kappa shape index (κ3) is 13.0. The minimum absolute atomic E-state index is 0. The van der Waals surface area contributed by atoms with Crippen LogP contribution in [0.15, 0.2) is 30.3 Å². The number of ether oxygens (including phenoxy) is 3. The summed E-state index contributed by atoms with van der Waals surface area (Å²) in [6.45, 7) is 5.96. The Morgan fingerprint density at radius 2 is 1.55 bits per heavy atom. The van der Waals surface area contributed by atoms with Gasteiger partial charge in [0, 0.05) is 6.61 Å². The first kappa shape index (κ1) is 28.8. The summed E-state index contributed by atoms with van der Waals surface area (Å²) in [6, 6.07) is 8.69. The Bertz CT molecular complexity index is 613. The average Bonchev–Trinajstić information content (AvgIpc) is 2.66. The maximum atomic E-state index is 12.3. The van der Waals surface area contributed by atoms with E-state index in [9.17, 15) is 8.42 Å². The van der Waals surface area contributed by atoms with Crippen LogP contribution in [-0.4, -0.2) is 40.8 Å². The number of unbranched alkanes of at least 4 members (excludes halogenated alkanes) is 5. The molecule has 0 bridgehead atoms. The van der Waals surface area contributed by atoms with Crippen molar-refractivity contribution in [2.75, 3.05) is 26.4 Å². The average molecular weight is 442 g/mol. The Balaban J connectivity index is 0.00000784. The molecule has 0 amide bonds. The molecular formula is C20H34NaO7S+. The molecule has 0 N–H and O–H groups in total. The van der Waals surface area contributed by atoms with E-state index in [-0.39, 0.29) is 49.4 Å². The van der Waals surface area contributed by atoms with E-state index >= 15 is 0 Å². The molecule has 29 heavy (non-hydrogen) atoms. The third-order valence-electron chi connectivity index (χ3n) is 3.82. The summed E-state index contributed by atoms with van der Waals surface area (Å²) >= 11 is 0. The van der Waals surface area contributed by atoms with Crippen molar-refractivity contribution in [3.8, 4) is 5.75 Å². The van der Waals surface area contributed by atoms with Gasteiger partial charge in [-0.05, 0) is 32.4 Å². The van der Waals surface area contributed by atoms with Gasteiger partial charge in [-0.3, -0.25) is 0 Å². The van der Waals surface area contributed by atoms with E-state index in [2.05, 4.69) is 6.92 Å². The third-order valence-corrected chi connectivity index (χ3v) is 4.73. The van der Waals surface area contributed by atoms with Gasteiger partial charge in [0.15, 0.2) is 0 Å². The van der Waals surface area contributed by atoms with Crippen LogP contribution in [0.5, 0.6) is 5.75 Å². The summed E-state index contributed by atoms with van der Waals surface area (Å²) in [5.74, 6) is -1.56. The zero-order chi connectivity index (χ0) is 20.7. The van der Waals surface area contributed by atoms with E-state index in [1.54, 1.807) is 38.1 Å². The van der Waals surface area contributed by atoms with Gasteiger partial charge in [0.25, 0.3) is 0 Å². The van der Waals surface area contributed by atoms with Crippen LogP contribution in [0, 0.1) is 0 Å². The molecule has 162 valence electrons. The van der Waals surface area contributed by atoms with Crippen molar-refractivity contribution in [2.45, 2.75) is 65.3 Å². The van der Waals surface area contributed by atoms with Crippen LogP contribution >= 0.6 is 0 Å². The van der Waals surface area contributed by atoms with Crippen molar-refractivity contribution in [1.82, 2.24) is 0 Å². The second-order valence-corrected chi connectivity index (χ2v) is 7.47. The largest absolute Gasteiger partial charge is 1.00 e. The number of hydrogen-bond acceptors (Lipinski definition) is 7. The molecule has 0 heterocycles. The number of rotatable bonds is 17. The smallest absolute Gasteiger partial charge is 0.437 e. The number of para-hydroxylation sites is 1. The molecular weight excluding hydrogens is 407 g/mol. The van der Waals surface area contributed by atoms with Crippen LogP contribution in [0.1, 0.15) is 59.3 Å². The van der Waals surface area contributed by atoms with Crippen molar-refractivity contribution in [3.63, 3.8) is 0 Å². The second kappa shape index (κ2) is 16.5. The Kier molecular flexibility index (Phi) is 16.4. The van der Waals surface area contributed by atoms with E-state index in [1.807, 2.05) is 6.07 Å². The van der Waals surface area contributed by atoms with E-state index in [0.29, 0.717) is 18.8 Å². The maximum Gasteiger partial charge on any atom is 1.00 e. The molecule has 0 aliphatic rings. The van der Waals surface area contributed by atoms with Crippen molar-refractivity contribution in [3.05, 3.63) is 30.3 Å². The summed E-state index contributed by atoms with van der Waals surface area (Å²) in [4.78, 5) is 0. The number of benzene rings is 1. The Morgan fingerprint density at radius 3 is 2.17 bits per heavy atom. The zero-order valence-corrected chi connectivity index (χ0v) is 21.0. The first-order chi connectivity index (χ1) is 13.5. The molecule has 0 saturated carbocycles. The van der Waals surface area contributed by atoms with Gasteiger partial charge in [0.1, 0.15) is 12.4 Å². The molecule has 1 rings (SSSR count). The molecule has 0 fully saturated rings. The Morgan fingerprint density at radius 1 is 0.897 bits per heavy atom. The van der Waals surface area contributed by atoms with Crippen LogP contribution < -0.4 is 34.3 Å². The molecule has 1 unspecified atom stereocenters. The Labute approximate surface area is 198 Å². The van der Waals surface area contributed by atoms with Crippen LogP contribution in [0.3, 0.4) is 0 Å². The van der Waals surface area contributed by atoms with Crippen molar-refractivity contribution in [1.29, 1.82) is 0 Å². The summed E-state index contributed by atoms with van der Waals surface area (Å²) in [6.07, 6.45) is 6.10. The van der Waals surface area contributed by atoms with Gasteiger partial charge in [-0.2, -0.15) is 12.6 Å². The van der Waals surface area contributed by atoms with Crippen LogP contribution in [0.2, 0.25) is 0 Å². The van der Waals surface area contributed by atoms with Crippen LogP contribution in [0.4, 0.5) is 0 Å². The van der Waals surface area contributed by atoms with Gasteiger partial charge in [-0.25, -0.2) is 4.18 Å². The fourth-order valence-electron chi connectivity index (χ4n) is 2.50. The molecule has 1 atom stereocenters. The fourth-order valence-corrected chi connectivity index (χ4v) is 3.32. The van der Waals surface area contributed by atoms with E-state index < -0.39 is 16.4 Å². The van der Waals surface area contributed by atoms with Gasteiger partial charge in [0.2, 0.25) is 0 Å². The topological polar surface area (TPSA) is 80.3 Å². The summed E-state index contributed by atoms with van der Waals surface area (Å²) in [7, 11) is -4.34. The van der Waals surface area contributed by atoms with Gasteiger partial charge >= 0.3 is 45.9 Å². The minimum atomic E-state index is -4.34. The summed E-state index contributed by atoms with van der Waals surface area (Å²) < 4.78 is 51.5. The first-order valence-electron chi connectivity index (χ1n) is 10.0. The van der Waals surface area contributed by atoms with Gasteiger partial charge in [-0.15, -0.1) is 0 Å². The Hall–Kier alpha value is -0.190. The predicted octanol–water partition coefficient (Wildman–Crippen LogP) is 1.43. The van der Waals surface area contributed by atoms with Crippen molar-refractivity contribution >= 4 is 10.4 Å². The molecule has 1 aromatic carbocycles. The first-order valence-corrected chi connectivity index (χ1v) is 11.4. The van der Waals surface area contributed by atoms with E-state index in [1.165, 1.54) is 12.8 Å². The van der Waals surface area contributed by atoms with Gasteiger partial charge in [0.05, 0.1) is 13.2 Å². The molecule has 7 nitrogen and oxygen atoms in total. The van der Waals surface area contributed by atoms with Crippen molar-refractivity contribution in [2.24, 2.45) is 0 Å². The monoisotopic (exact) mass is 441 g/mol. The van der Waals surface area contributed by atoms with Crippen LogP contribution in [0.25, 0.3) is 0 Å². The van der Waals surface area contributed by atoms with E-state index in [4.69, 9.17) is 22.6 Å². The molecule has 0 spiro atoms. The normalized spacial score (nSPS) is 13.5. The predicted molar refractivity (Wildman–Crippen MR) is 107 cm³/mol. The molecule has 0 aliphatic heterocycles. The SMILES string of the molecule is CCCCCCCCOS(=O)(=O)OC(COCC)(OCC)Oc1ccccc1.[Na+]. The fraction of sp³-hybridized carbons (Fsp3) is 0.700. The van der Waals surface area contributed by atoms with E-state index in [0.717, 1.165) is 19.3 Å². The molecule has 9 heteroatoms. The van der Waals surface area contributed by atoms with Gasteiger partial charge < -0.3 is 14.2 Å². The second-order valence-electron chi connectivity index (χ2n) is 6.25. The molecule has 0 aromatic heterocycles. The van der Waals surface area contributed by atoms with Gasteiger partial charge in [-0.1, -0.05) is 57.2 Å². The molecule has 0 radical (unpaired) electrons. The molecule has 1 aromatic rings. The molecule has 0 aliphatic carbocycles. The zero-order valence-electron chi connectivity index (χ0n) is 18.2. The summed E-state index contributed by atoms with van der Waals surface area (Å²) in [5, 5.41) is 0. The minimum Gasteiger partial charge on any atom is -0.437 e. The van der Waals surface area contributed by atoms with Crippen molar-refractivity contribution < 1.29 is 60.6 Å². The van der Waals surface area contributed by atoms with Crippen LogP contribution in [-0.2, 0) is 28.2 Å². The summed E-state index contributed by atoms with van der Waals surface area (Å²) in [5.41, 5.74) is 0. The molecule has 0 saturated heterocycles. The maximum absolute atomic E-state index is 12.3. The standard InChI is InChI=1S/C20H34O7S.Na/c1-4-7-8-9-10-14-17-25-28(21,22)27-20(24-6-3,18-23-5-2)26-19-15-12-11-13-16-19;/h11-13,15-16H,4-10,14,17-18H2,1-3H3;/q;+1. The number of hydrogen-bond donors (Lipinski definition) is 0.